The van der Waals surface area contributed by atoms with Crippen LogP contribution in [-0.2, 0) is 11.2 Å². The predicted octanol–water partition coefficient (Wildman–Crippen LogP) is 3.10. The van der Waals surface area contributed by atoms with Crippen LogP contribution in [0.25, 0.3) is 0 Å². The van der Waals surface area contributed by atoms with E-state index in [1.165, 1.54) is 0 Å². The number of carbonyl (C=O) groups is 2. The summed E-state index contributed by atoms with van der Waals surface area (Å²) < 4.78 is 26.4. The van der Waals surface area contributed by atoms with Gasteiger partial charge in [0.05, 0.1) is 5.56 Å². The number of nitrogens with one attached hydrogen (secondary N) is 2. The molecule has 0 spiro atoms. The summed E-state index contributed by atoms with van der Waals surface area (Å²) in [5.41, 5.74) is 1.87. The summed E-state index contributed by atoms with van der Waals surface area (Å²) in [7, 11) is 0. The highest BCUT2D eigenvalue weighted by Gasteiger charge is 2.17. The van der Waals surface area contributed by atoms with E-state index in [1.54, 1.807) is 18.2 Å². The molecule has 22 heavy (non-hydrogen) atoms. The highest BCUT2D eigenvalue weighted by atomic mass is 19.1. The molecular weight excluding hydrogens is 290 g/mol. The van der Waals surface area contributed by atoms with Crippen molar-refractivity contribution < 1.29 is 18.4 Å². The molecule has 1 aliphatic heterocycles. The number of amides is 2. The first kappa shape index (κ1) is 14.2. The molecule has 0 saturated heterocycles. The summed E-state index contributed by atoms with van der Waals surface area (Å²) >= 11 is 0. The number of carbonyl (C=O) groups excluding carboxylic acids is 2. The molecule has 1 heterocycles. The van der Waals surface area contributed by atoms with E-state index < -0.39 is 17.5 Å². The Kier molecular flexibility index (Phi) is 3.58. The molecule has 4 nitrogen and oxygen atoms in total. The van der Waals surface area contributed by atoms with Crippen LogP contribution >= 0.6 is 0 Å². The van der Waals surface area contributed by atoms with Gasteiger partial charge in [-0.25, -0.2) is 8.78 Å². The predicted molar refractivity (Wildman–Crippen MR) is 77.7 cm³/mol. The quantitative estimate of drug-likeness (QED) is 0.895. The summed E-state index contributed by atoms with van der Waals surface area (Å²) in [6, 6.07) is 7.82. The second kappa shape index (κ2) is 5.55. The van der Waals surface area contributed by atoms with Gasteiger partial charge in [-0.1, -0.05) is 0 Å². The number of hydrogen-bond donors (Lipinski definition) is 2. The molecule has 0 aliphatic carbocycles. The largest absolute Gasteiger partial charge is 0.326 e. The maximum absolute atomic E-state index is 13.6. The van der Waals surface area contributed by atoms with Gasteiger partial charge in [-0.3, -0.25) is 9.59 Å². The molecule has 112 valence electrons. The Morgan fingerprint density at radius 1 is 1.09 bits per heavy atom. The second-order valence-electron chi connectivity index (χ2n) is 5.00. The zero-order valence-corrected chi connectivity index (χ0v) is 11.5. The first-order valence-corrected chi connectivity index (χ1v) is 6.72. The van der Waals surface area contributed by atoms with Crippen LogP contribution in [0.5, 0.6) is 0 Å². The normalized spacial score (nSPS) is 13.3. The van der Waals surface area contributed by atoms with Crippen molar-refractivity contribution in [1.82, 2.24) is 0 Å². The molecule has 0 atom stereocenters. The van der Waals surface area contributed by atoms with Gasteiger partial charge in [-0.2, -0.15) is 0 Å². The van der Waals surface area contributed by atoms with Gasteiger partial charge in [-0.15, -0.1) is 0 Å². The average molecular weight is 302 g/mol. The van der Waals surface area contributed by atoms with E-state index in [2.05, 4.69) is 10.6 Å². The Morgan fingerprint density at radius 3 is 2.68 bits per heavy atom. The van der Waals surface area contributed by atoms with Gasteiger partial charge >= 0.3 is 0 Å². The van der Waals surface area contributed by atoms with Gasteiger partial charge in [0, 0.05) is 23.9 Å². The van der Waals surface area contributed by atoms with Crippen LogP contribution in [-0.4, -0.2) is 11.8 Å². The molecule has 2 aromatic rings. The van der Waals surface area contributed by atoms with Crippen molar-refractivity contribution >= 4 is 23.2 Å². The van der Waals surface area contributed by atoms with E-state index in [9.17, 15) is 18.4 Å². The van der Waals surface area contributed by atoms with Crippen molar-refractivity contribution in [3.63, 3.8) is 0 Å². The van der Waals surface area contributed by atoms with E-state index in [0.717, 1.165) is 17.7 Å². The number of benzene rings is 2. The maximum Gasteiger partial charge on any atom is 0.258 e. The second-order valence-corrected chi connectivity index (χ2v) is 5.00. The SMILES string of the molecule is O=C1CCc2cc(NC(=O)c3ccc(F)cc3F)ccc2N1. The van der Waals surface area contributed by atoms with Crippen LogP contribution in [0.4, 0.5) is 20.2 Å². The van der Waals surface area contributed by atoms with Gasteiger partial charge in [0.1, 0.15) is 11.6 Å². The molecule has 0 fully saturated rings. The maximum atomic E-state index is 13.6. The summed E-state index contributed by atoms with van der Waals surface area (Å²) in [6.45, 7) is 0. The minimum Gasteiger partial charge on any atom is -0.326 e. The standard InChI is InChI=1S/C16H12F2N2O2/c17-10-2-4-12(13(18)8-10)16(22)19-11-3-5-14-9(7-11)1-6-15(21)20-14/h2-5,7-8H,1,6H2,(H,19,22)(H,20,21). The van der Waals surface area contributed by atoms with Gasteiger partial charge < -0.3 is 10.6 Å². The summed E-state index contributed by atoms with van der Waals surface area (Å²) in [5, 5.41) is 5.30. The molecule has 2 N–H and O–H groups in total. The number of rotatable bonds is 2. The molecular formula is C16H12F2N2O2. The Bertz CT molecular complexity index is 775. The van der Waals surface area contributed by atoms with Crippen LogP contribution in [0.15, 0.2) is 36.4 Å². The smallest absolute Gasteiger partial charge is 0.258 e. The lowest BCUT2D eigenvalue weighted by molar-refractivity contribution is -0.116. The van der Waals surface area contributed by atoms with Crippen LogP contribution in [0, 0.1) is 11.6 Å². The van der Waals surface area contributed by atoms with Crippen molar-refractivity contribution in [3.8, 4) is 0 Å². The third-order valence-corrected chi connectivity index (χ3v) is 3.43. The highest BCUT2D eigenvalue weighted by molar-refractivity contribution is 6.04. The first-order valence-electron chi connectivity index (χ1n) is 6.72. The fourth-order valence-electron chi connectivity index (χ4n) is 2.33. The number of hydrogen-bond acceptors (Lipinski definition) is 2. The molecule has 0 aromatic heterocycles. The molecule has 6 heteroatoms. The van der Waals surface area contributed by atoms with E-state index in [4.69, 9.17) is 0 Å². The summed E-state index contributed by atoms with van der Waals surface area (Å²) in [4.78, 5) is 23.3. The van der Waals surface area contributed by atoms with Crippen molar-refractivity contribution in [3.05, 3.63) is 59.2 Å². The topological polar surface area (TPSA) is 58.2 Å². The molecule has 0 radical (unpaired) electrons. The Morgan fingerprint density at radius 2 is 1.91 bits per heavy atom. The molecule has 3 rings (SSSR count). The van der Waals surface area contributed by atoms with E-state index in [1.807, 2.05) is 0 Å². The molecule has 2 amide bonds. The molecule has 0 unspecified atom stereocenters. The number of fused-ring (bicyclic) bond motifs is 1. The fourth-order valence-corrected chi connectivity index (χ4v) is 2.33. The zero-order chi connectivity index (χ0) is 15.7. The lowest BCUT2D eigenvalue weighted by Gasteiger charge is -2.17. The molecule has 2 aromatic carbocycles. The van der Waals surface area contributed by atoms with Crippen LogP contribution in [0.3, 0.4) is 0 Å². The molecule has 0 saturated carbocycles. The van der Waals surface area contributed by atoms with Crippen LogP contribution in [0.1, 0.15) is 22.3 Å². The first-order chi connectivity index (χ1) is 10.5. The molecule has 0 bridgehead atoms. The summed E-state index contributed by atoms with van der Waals surface area (Å²) in [5.74, 6) is -2.35. The van der Waals surface area contributed by atoms with Crippen molar-refractivity contribution in [2.75, 3.05) is 10.6 Å². The summed E-state index contributed by atoms with van der Waals surface area (Å²) in [6.07, 6.45) is 0.965. The van der Waals surface area contributed by atoms with Gasteiger partial charge in [0.15, 0.2) is 0 Å². The highest BCUT2D eigenvalue weighted by Crippen LogP contribution is 2.26. The average Bonchev–Trinajstić information content (AvgIpc) is 2.47. The van der Waals surface area contributed by atoms with Gasteiger partial charge in [0.2, 0.25) is 5.91 Å². The van der Waals surface area contributed by atoms with E-state index in [-0.39, 0.29) is 11.5 Å². The third-order valence-electron chi connectivity index (χ3n) is 3.43. The number of aryl methyl sites for hydroxylation is 1. The zero-order valence-electron chi connectivity index (χ0n) is 11.5. The van der Waals surface area contributed by atoms with Crippen molar-refractivity contribution in [2.45, 2.75) is 12.8 Å². The van der Waals surface area contributed by atoms with E-state index in [0.29, 0.717) is 30.3 Å². The monoisotopic (exact) mass is 302 g/mol. The van der Waals surface area contributed by atoms with Crippen molar-refractivity contribution in [1.29, 1.82) is 0 Å². The van der Waals surface area contributed by atoms with E-state index >= 15 is 0 Å². The minimum atomic E-state index is -0.914. The van der Waals surface area contributed by atoms with Gasteiger partial charge in [-0.05, 0) is 42.3 Å². The Balaban J connectivity index is 1.81. The lowest BCUT2D eigenvalue weighted by atomic mass is 10.0. The number of halogens is 2. The third kappa shape index (κ3) is 2.81. The van der Waals surface area contributed by atoms with Crippen LogP contribution < -0.4 is 10.6 Å². The van der Waals surface area contributed by atoms with Crippen molar-refractivity contribution in [2.24, 2.45) is 0 Å². The Labute approximate surface area is 125 Å². The van der Waals surface area contributed by atoms with Crippen LogP contribution in [0.2, 0.25) is 0 Å². The minimum absolute atomic E-state index is 0.0438. The molecule has 1 aliphatic rings. The lowest BCUT2D eigenvalue weighted by Crippen LogP contribution is -2.19. The Hall–Kier alpha value is -2.76. The van der Waals surface area contributed by atoms with Gasteiger partial charge in [0.25, 0.3) is 5.91 Å². The number of anilines is 2. The fraction of sp³-hybridized carbons (Fsp3) is 0.125.